The molecule has 2 N–H and O–H groups in total. The highest BCUT2D eigenvalue weighted by molar-refractivity contribution is 5.37. The first-order chi connectivity index (χ1) is 10.1. The molecule has 0 radical (unpaired) electrons. The van der Waals surface area contributed by atoms with E-state index in [1.54, 1.807) is 0 Å². The van der Waals surface area contributed by atoms with Crippen LogP contribution < -0.4 is 0 Å². The van der Waals surface area contributed by atoms with E-state index in [4.69, 9.17) is 5.11 Å². The van der Waals surface area contributed by atoms with Crippen molar-refractivity contribution in [2.75, 3.05) is 20.2 Å². The largest absolute Gasteiger partial charge is 0.395 e. The summed E-state index contributed by atoms with van der Waals surface area (Å²) in [5.41, 5.74) is 1.69. The molecule has 0 unspecified atom stereocenters. The molecule has 0 bridgehead atoms. The molecule has 0 aromatic heterocycles. The van der Waals surface area contributed by atoms with Crippen LogP contribution in [-0.4, -0.2) is 40.9 Å². The first-order valence-electron chi connectivity index (χ1n) is 7.71. The standard InChI is InChI=1S/C18H25NO2/c1-19(15-18(21)10-3-4-11-18)14-17-9-6-8-16(13-17)7-2-5-12-20/h6,8-9,13,20-21H,3-5,10-12,14-15H2,1H3. The normalized spacial score (nSPS) is 16.8. The van der Waals surface area contributed by atoms with Gasteiger partial charge in [-0.3, -0.25) is 4.90 Å². The summed E-state index contributed by atoms with van der Waals surface area (Å²) < 4.78 is 0. The van der Waals surface area contributed by atoms with Crippen LogP contribution in [-0.2, 0) is 6.54 Å². The maximum Gasteiger partial charge on any atom is 0.0774 e. The molecule has 0 spiro atoms. The Morgan fingerprint density at radius 3 is 2.76 bits per heavy atom. The lowest BCUT2D eigenvalue weighted by molar-refractivity contribution is 0.0145. The van der Waals surface area contributed by atoms with Gasteiger partial charge in [0.1, 0.15) is 0 Å². The summed E-state index contributed by atoms with van der Waals surface area (Å²) in [6.07, 6.45) is 4.63. The monoisotopic (exact) mass is 287 g/mol. The van der Waals surface area contributed by atoms with Gasteiger partial charge in [-0.1, -0.05) is 36.8 Å². The highest BCUT2D eigenvalue weighted by atomic mass is 16.3. The molecule has 0 amide bonds. The van der Waals surface area contributed by atoms with Crippen LogP contribution in [0.3, 0.4) is 0 Å². The Balaban J connectivity index is 1.93. The first kappa shape index (κ1) is 16.0. The van der Waals surface area contributed by atoms with E-state index < -0.39 is 5.60 Å². The molecule has 21 heavy (non-hydrogen) atoms. The lowest BCUT2D eigenvalue weighted by atomic mass is 10.0. The minimum Gasteiger partial charge on any atom is -0.395 e. The lowest BCUT2D eigenvalue weighted by Gasteiger charge is -2.28. The Kier molecular flexibility index (Phi) is 5.81. The number of likely N-dealkylation sites (N-methyl/N-ethyl adjacent to an activating group) is 1. The van der Waals surface area contributed by atoms with Crippen LogP contribution in [0, 0.1) is 11.8 Å². The molecule has 1 aromatic rings. The zero-order valence-corrected chi connectivity index (χ0v) is 12.8. The smallest absolute Gasteiger partial charge is 0.0774 e. The molecule has 1 saturated carbocycles. The van der Waals surface area contributed by atoms with E-state index >= 15 is 0 Å². The zero-order chi connectivity index (χ0) is 15.1. The fourth-order valence-electron chi connectivity index (χ4n) is 3.03. The van der Waals surface area contributed by atoms with Crippen molar-refractivity contribution in [2.24, 2.45) is 0 Å². The van der Waals surface area contributed by atoms with E-state index in [1.165, 1.54) is 5.56 Å². The molecule has 3 heteroatoms. The molecule has 1 fully saturated rings. The molecule has 1 aliphatic rings. The van der Waals surface area contributed by atoms with Crippen molar-refractivity contribution in [1.82, 2.24) is 4.90 Å². The van der Waals surface area contributed by atoms with Crippen LogP contribution in [0.1, 0.15) is 43.2 Å². The van der Waals surface area contributed by atoms with Gasteiger partial charge in [0.15, 0.2) is 0 Å². The van der Waals surface area contributed by atoms with Crippen molar-refractivity contribution in [3.05, 3.63) is 35.4 Å². The van der Waals surface area contributed by atoms with Crippen LogP contribution >= 0.6 is 0 Å². The molecular formula is C18H25NO2. The molecule has 0 atom stereocenters. The third-order valence-corrected chi connectivity index (χ3v) is 3.95. The minimum atomic E-state index is -0.493. The van der Waals surface area contributed by atoms with Gasteiger partial charge in [-0.25, -0.2) is 0 Å². The summed E-state index contributed by atoms with van der Waals surface area (Å²) in [6, 6.07) is 8.17. The van der Waals surface area contributed by atoms with Crippen molar-refractivity contribution < 1.29 is 10.2 Å². The second-order valence-electron chi connectivity index (χ2n) is 6.08. The number of hydrogen-bond acceptors (Lipinski definition) is 3. The van der Waals surface area contributed by atoms with Crippen LogP contribution in [0.25, 0.3) is 0 Å². The summed E-state index contributed by atoms with van der Waals surface area (Å²) in [6.45, 7) is 1.65. The van der Waals surface area contributed by atoms with Gasteiger partial charge in [0.25, 0.3) is 0 Å². The summed E-state index contributed by atoms with van der Waals surface area (Å²) in [5, 5.41) is 19.2. The molecule has 0 aliphatic heterocycles. The van der Waals surface area contributed by atoms with Gasteiger partial charge in [0.2, 0.25) is 0 Å². The highest BCUT2D eigenvalue weighted by Crippen LogP contribution is 2.30. The number of hydrogen-bond donors (Lipinski definition) is 2. The third kappa shape index (κ3) is 5.17. The molecule has 2 rings (SSSR count). The zero-order valence-electron chi connectivity index (χ0n) is 12.8. The number of aliphatic hydroxyl groups is 2. The second kappa shape index (κ2) is 7.61. The van der Waals surface area contributed by atoms with Gasteiger partial charge < -0.3 is 10.2 Å². The number of nitrogens with zero attached hydrogens (tertiary/aromatic N) is 1. The number of aliphatic hydroxyl groups excluding tert-OH is 1. The van der Waals surface area contributed by atoms with Crippen molar-refractivity contribution in [3.63, 3.8) is 0 Å². The Morgan fingerprint density at radius 1 is 1.29 bits per heavy atom. The van der Waals surface area contributed by atoms with Gasteiger partial charge in [0, 0.05) is 25.1 Å². The SMILES string of the molecule is CN(Cc1cccc(C#CCCO)c1)CC1(O)CCCC1. The summed E-state index contributed by atoms with van der Waals surface area (Å²) in [7, 11) is 2.06. The Labute approximate surface area is 127 Å². The summed E-state index contributed by atoms with van der Waals surface area (Å²) in [5.74, 6) is 6.00. The molecular weight excluding hydrogens is 262 g/mol. The van der Waals surface area contributed by atoms with Crippen LogP contribution in [0.4, 0.5) is 0 Å². The van der Waals surface area contributed by atoms with E-state index in [9.17, 15) is 5.11 Å². The van der Waals surface area contributed by atoms with Gasteiger partial charge in [-0.2, -0.15) is 0 Å². The van der Waals surface area contributed by atoms with E-state index in [-0.39, 0.29) is 6.61 Å². The molecule has 1 aliphatic carbocycles. The molecule has 0 saturated heterocycles. The highest BCUT2D eigenvalue weighted by Gasteiger charge is 2.31. The quantitative estimate of drug-likeness (QED) is 0.816. The van der Waals surface area contributed by atoms with Gasteiger partial charge in [-0.05, 0) is 37.6 Å². The topological polar surface area (TPSA) is 43.7 Å². The van der Waals surface area contributed by atoms with E-state index in [1.807, 2.05) is 12.1 Å². The maximum atomic E-state index is 10.4. The predicted octanol–water partition coefficient (Wildman–Crippen LogP) is 2.16. The maximum absolute atomic E-state index is 10.4. The van der Waals surface area contributed by atoms with Crippen molar-refractivity contribution >= 4 is 0 Å². The fourth-order valence-corrected chi connectivity index (χ4v) is 3.03. The second-order valence-corrected chi connectivity index (χ2v) is 6.08. The van der Waals surface area contributed by atoms with Crippen molar-refractivity contribution in [2.45, 2.75) is 44.2 Å². The first-order valence-corrected chi connectivity index (χ1v) is 7.71. The van der Waals surface area contributed by atoms with Crippen LogP contribution in [0.2, 0.25) is 0 Å². The van der Waals surface area contributed by atoms with E-state index in [0.29, 0.717) is 6.42 Å². The molecule has 3 nitrogen and oxygen atoms in total. The molecule has 0 heterocycles. The molecule has 114 valence electrons. The minimum absolute atomic E-state index is 0.105. The Hall–Kier alpha value is -1.34. The van der Waals surface area contributed by atoms with Gasteiger partial charge >= 0.3 is 0 Å². The van der Waals surface area contributed by atoms with Gasteiger partial charge in [0.05, 0.1) is 12.2 Å². The van der Waals surface area contributed by atoms with Crippen LogP contribution in [0.15, 0.2) is 24.3 Å². The lowest BCUT2D eigenvalue weighted by Crippen LogP contribution is -2.38. The predicted molar refractivity (Wildman–Crippen MR) is 84.8 cm³/mol. The van der Waals surface area contributed by atoms with Crippen molar-refractivity contribution in [3.8, 4) is 11.8 Å². The average Bonchev–Trinajstić information content (AvgIpc) is 2.85. The third-order valence-electron chi connectivity index (χ3n) is 3.95. The summed E-state index contributed by atoms with van der Waals surface area (Å²) in [4.78, 5) is 2.19. The Morgan fingerprint density at radius 2 is 2.05 bits per heavy atom. The van der Waals surface area contributed by atoms with E-state index in [0.717, 1.165) is 44.3 Å². The number of rotatable bonds is 5. The summed E-state index contributed by atoms with van der Waals surface area (Å²) >= 11 is 0. The molecule has 1 aromatic carbocycles. The Bertz CT molecular complexity index is 509. The number of benzene rings is 1. The van der Waals surface area contributed by atoms with Gasteiger partial charge in [-0.15, -0.1) is 0 Å². The van der Waals surface area contributed by atoms with Crippen LogP contribution in [0.5, 0.6) is 0 Å². The van der Waals surface area contributed by atoms with E-state index in [2.05, 4.69) is 35.9 Å². The fraction of sp³-hybridized carbons (Fsp3) is 0.556. The van der Waals surface area contributed by atoms with Crippen molar-refractivity contribution in [1.29, 1.82) is 0 Å². The average molecular weight is 287 g/mol.